The van der Waals surface area contributed by atoms with E-state index in [9.17, 15) is 4.39 Å². The number of aryl methyl sites for hydroxylation is 1. The van der Waals surface area contributed by atoms with Gasteiger partial charge in [0.25, 0.3) is 0 Å². The highest BCUT2D eigenvalue weighted by Crippen LogP contribution is 2.20. The van der Waals surface area contributed by atoms with Gasteiger partial charge >= 0.3 is 0 Å². The first-order chi connectivity index (χ1) is 11.6. The van der Waals surface area contributed by atoms with Crippen LogP contribution >= 0.6 is 0 Å². The third-order valence-corrected chi connectivity index (χ3v) is 3.62. The van der Waals surface area contributed by atoms with E-state index in [2.05, 4.69) is 39.7 Å². The second kappa shape index (κ2) is 7.08. The molecule has 5 heteroatoms. The van der Waals surface area contributed by atoms with Gasteiger partial charge in [-0.25, -0.2) is 9.37 Å². The number of rotatable bonds is 5. The van der Waals surface area contributed by atoms with Crippen LogP contribution in [-0.2, 0) is 0 Å². The smallest absolute Gasteiger partial charge is 0.229 e. The maximum Gasteiger partial charge on any atom is 0.229 e. The molecule has 1 unspecified atom stereocenters. The van der Waals surface area contributed by atoms with Crippen LogP contribution in [0.2, 0.25) is 0 Å². The molecule has 1 aromatic heterocycles. The highest BCUT2D eigenvalue weighted by atomic mass is 19.1. The molecule has 0 bridgehead atoms. The number of nitrogens with zero attached hydrogens (tertiary/aromatic N) is 2. The predicted octanol–water partition coefficient (Wildman–Crippen LogP) is 4.84. The summed E-state index contributed by atoms with van der Waals surface area (Å²) in [5.74, 6) is 0.942. The Morgan fingerprint density at radius 2 is 1.67 bits per heavy atom. The Hall–Kier alpha value is -2.95. The fourth-order valence-corrected chi connectivity index (χ4v) is 2.41. The van der Waals surface area contributed by atoms with Crippen molar-refractivity contribution in [3.8, 4) is 0 Å². The molecule has 0 saturated carbocycles. The number of halogens is 1. The van der Waals surface area contributed by atoms with E-state index >= 15 is 0 Å². The first-order valence-corrected chi connectivity index (χ1v) is 7.80. The van der Waals surface area contributed by atoms with Crippen molar-refractivity contribution in [3.63, 3.8) is 0 Å². The molecule has 0 aliphatic heterocycles. The minimum Gasteiger partial charge on any atom is -0.363 e. The zero-order chi connectivity index (χ0) is 16.9. The molecular weight excluding hydrogens is 303 g/mol. The number of benzene rings is 2. The molecule has 3 rings (SSSR count). The number of hydrogen-bond acceptors (Lipinski definition) is 4. The van der Waals surface area contributed by atoms with Crippen molar-refractivity contribution in [1.82, 2.24) is 9.97 Å². The molecule has 3 aromatic rings. The van der Waals surface area contributed by atoms with E-state index in [1.54, 1.807) is 12.1 Å². The van der Waals surface area contributed by atoms with Gasteiger partial charge in [0.2, 0.25) is 5.95 Å². The van der Waals surface area contributed by atoms with Gasteiger partial charge in [-0.2, -0.15) is 4.98 Å². The summed E-state index contributed by atoms with van der Waals surface area (Å²) < 4.78 is 13.0. The SMILES string of the molecule is Cc1cc(NC(C)c2ccccc2)nc(Nc2ccc(F)cc2)n1. The van der Waals surface area contributed by atoms with Crippen molar-refractivity contribution in [3.05, 3.63) is 77.7 Å². The molecule has 0 aliphatic carbocycles. The fraction of sp³-hybridized carbons (Fsp3) is 0.158. The van der Waals surface area contributed by atoms with E-state index < -0.39 is 0 Å². The molecule has 1 atom stereocenters. The van der Waals surface area contributed by atoms with Crippen molar-refractivity contribution in [2.75, 3.05) is 10.6 Å². The molecule has 1 heterocycles. The van der Waals surface area contributed by atoms with E-state index in [0.717, 1.165) is 17.2 Å². The zero-order valence-corrected chi connectivity index (χ0v) is 13.6. The topological polar surface area (TPSA) is 49.8 Å². The maximum absolute atomic E-state index is 13.0. The Balaban J connectivity index is 1.77. The summed E-state index contributed by atoms with van der Waals surface area (Å²) in [6.07, 6.45) is 0. The van der Waals surface area contributed by atoms with Crippen LogP contribution in [0.1, 0.15) is 24.2 Å². The van der Waals surface area contributed by atoms with Gasteiger partial charge in [-0.3, -0.25) is 0 Å². The van der Waals surface area contributed by atoms with Crippen molar-refractivity contribution < 1.29 is 4.39 Å². The van der Waals surface area contributed by atoms with Crippen LogP contribution in [0.5, 0.6) is 0 Å². The summed E-state index contributed by atoms with van der Waals surface area (Å²) in [5, 5.41) is 6.48. The summed E-state index contributed by atoms with van der Waals surface area (Å²) in [5.41, 5.74) is 2.77. The number of anilines is 3. The molecule has 24 heavy (non-hydrogen) atoms. The van der Waals surface area contributed by atoms with Gasteiger partial charge in [-0.1, -0.05) is 30.3 Å². The number of aromatic nitrogens is 2. The number of nitrogens with one attached hydrogen (secondary N) is 2. The monoisotopic (exact) mass is 322 g/mol. The molecule has 0 amide bonds. The van der Waals surface area contributed by atoms with E-state index in [-0.39, 0.29) is 11.9 Å². The Bertz CT molecular complexity index is 803. The molecule has 2 N–H and O–H groups in total. The van der Waals surface area contributed by atoms with Crippen LogP contribution in [0.15, 0.2) is 60.7 Å². The van der Waals surface area contributed by atoms with Crippen LogP contribution in [0.4, 0.5) is 21.8 Å². The van der Waals surface area contributed by atoms with Crippen molar-refractivity contribution in [1.29, 1.82) is 0 Å². The average molecular weight is 322 g/mol. The van der Waals surface area contributed by atoms with Gasteiger partial charge in [0.05, 0.1) is 0 Å². The minimum atomic E-state index is -0.273. The molecule has 0 radical (unpaired) electrons. The van der Waals surface area contributed by atoms with Gasteiger partial charge < -0.3 is 10.6 Å². The predicted molar refractivity (Wildman–Crippen MR) is 94.9 cm³/mol. The van der Waals surface area contributed by atoms with E-state index in [1.807, 2.05) is 31.2 Å². The molecule has 0 saturated heterocycles. The third-order valence-electron chi connectivity index (χ3n) is 3.62. The summed E-state index contributed by atoms with van der Waals surface area (Å²) in [6, 6.07) is 18.3. The minimum absolute atomic E-state index is 0.124. The summed E-state index contributed by atoms with van der Waals surface area (Å²) in [4.78, 5) is 8.87. The van der Waals surface area contributed by atoms with E-state index in [1.165, 1.54) is 17.7 Å². The highest BCUT2D eigenvalue weighted by molar-refractivity contribution is 5.55. The Kier molecular flexibility index (Phi) is 4.70. The molecular formula is C19H19FN4. The average Bonchev–Trinajstić information content (AvgIpc) is 2.57. The first kappa shape index (κ1) is 15.9. The Labute approximate surface area is 140 Å². The summed E-state index contributed by atoms with van der Waals surface area (Å²) in [6.45, 7) is 4.00. The lowest BCUT2D eigenvalue weighted by Gasteiger charge is -2.16. The lowest BCUT2D eigenvalue weighted by Crippen LogP contribution is -2.09. The van der Waals surface area contributed by atoms with Crippen molar-refractivity contribution in [2.24, 2.45) is 0 Å². The normalized spacial score (nSPS) is 11.8. The fourth-order valence-electron chi connectivity index (χ4n) is 2.41. The third kappa shape index (κ3) is 4.07. The van der Waals surface area contributed by atoms with E-state index in [4.69, 9.17) is 0 Å². The van der Waals surface area contributed by atoms with Crippen molar-refractivity contribution in [2.45, 2.75) is 19.9 Å². The quantitative estimate of drug-likeness (QED) is 0.705. The van der Waals surface area contributed by atoms with Gasteiger partial charge in [0.1, 0.15) is 11.6 Å². The molecule has 0 spiro atoms. The van der Waals surface area contributed by atoms with Crippen LogP contribution in [0.3, 0.4) is 0 Å². The molecule has 0 fully saturated rings. The van der Waals surface area contributed by atoms with Gasteiger partial charge in [0.15, 0.2) is 0 Å². The van der Waals surface area contributed by atoms with Crippen LogP contribution in [-0.4, -0.2) is 9.97 Å². The molecule has 0 aliphatic rings. The van der Waals surface area contributed by atoms with Crippen LogP contribution in [0, 0.1) is 12.7 Å². The largest absolute Gasteiger partial charge is 0.363 e. The van der Waals surface area contributed by atoms with Gasteiger partial charge in [0, 0.05) is 23.5 Å². The van der Waals surface area contributed by atoms with Crippen molar-refractivity contribution >= 4 is 17.5 Å². The molecule has 4 nitrogen and oxygen atoms in total. The zero-order valence-electron chi connectivity index (χ0n) is 13.6. The summed E-state index contributed by atoms with van der Waals surface area (Å²) in [7, 11) is 0. The van der Waals surface area contributed by atoms with Gasteiger partial charge in [-0.15, -0.1) is 0 Å². The van der Waals surface area contributed by atoms with E-state index in [0.29, 0.717) is 5.95 Å². The lowest BCUT2D eigenvalue weighted by molar-refractivity contribution is 0.628. The Morgan fingerprint density at radius 1 is 0.958 bits per heavy atom. The molecule has 122 valence electrons. The maximum atomic E-state index is 13.0. The highest BCUT2D eigenvalue weighted by Gasteiger charge is 2.08. The lowest BCUT2D eigenvalue weighted by atomic mass is 10.1. The summed E-state index contributed by atoms with van der Waals surface area (Å²) >= 11 is 0. The Morgan fingerprint density at radius 3 is 2.38 bits per heavy atom. The van der Waals surface area contributed by atoms with Gasteiger partial charge in [-0.05, 0) is 43.7 Å². The number of hydrogen-bond donors (Lipinski definition) is 2. The van der Waals surface area contributed by atoms with Crippen LogP contribution < -0.4 is 10.6 Å². The molecule has 2 aromatic carbocycles. The van der Waals surface area contributed by atoms with Crippen LogP contribution in [0.25, 0.3) is 0 Å². The standard InChI is InChI=1S/C19H19FN4/c1-13-12-18(22-14(2)15-6-4-3-5-7-15)24-19(21-13)23-17-10-8-16(20)9-11-17/h3-12,14H,1-2H3,(H2,21,22,23,24). The first-order valence-electron chi connectivity index (χ1n) is 7.80. The second-order valence-electron chi connectivity index (χ2n) is 5.63. The second-order valence-corrected chi connectivity index (χ2v) is 5.63.